The van der Waals surface area contributed by atoms with Gasteiger partial charge in [-0.3, -0.25) is 4.79 Å². The second kappa shape index (κ2) is 5.31. The van der Waals surface area contributed by atoms with Crippen molar-refractivity contribution in [1.29, 1.82) is 0 Å². The minimum absolute atomic E-state index is 0.314. The molecule has 1 saturated carbocycles. The molecule has 2 bridgehead atoms. The van der Waals surface area contributed by atoms with E-state index in [0.29, 0.717) is 17.4 Å². The summed E-state index contributed by atoms with van der Waals surface area (Å²) in [6, 6.07) is 5.79. The number of carbonyl (C=O) groups is 1. The monoisotopic (exact) mass is 272 g/mol. The Bertz CT molecular complexity index is 559. The van der Waals surface area contributed by atoms with Gasteiger partial charge >= 0.3 is 5.97 Å². The fraction of sp³-hybridized carbons (Fsp3) is 0.471. The van der Waals surface area contributed by atoms with Crippen LogP contribution in [0, 0.1) is 11.8 Å². The van der Waals surface area contributed by atoms with Gasteiger partial charge in [0, 0.05) is 6.92 Å². The first-order chi connectivity index (χ1) is 9.67. The van der Waals surface area contributed by atoms with Gasteiger partial charge in [0.2, 0.25) is 0 Å². The van der Waals surface area contributed by atoms with Gasteiger partial charge < -0.3 is 9.47 Å². The van der Waals surface area contributed by atoms with Gasteiger partial charge in [0.25, 0.3) is 0 Å². The molecule has 20 heavy (non-hydrogen) atoms. The number of ether oxygens (including phenoxy) is 2. The average Bonchev–Trinajstić information content (AvgIpc) is 3.00. The van der Waals surface area contributed by atoms with E-state index < -0.39 is 0 Å². The number of allylic oxidation sites excluding steroid dienone is 2. The number of esters is 1. The van der Waals surface area contributed by atoms with E-state index in [9.17, 15) is 4.79 Å². The number of rotatable bonds is 4. The molecule has 0 radical (unpaired) electrons. The predicted molar refractivity (Wildman–Crippen MR) is 76.9 cm³/mol. The van der Waals surface area contributed by atoms with Crippen LogP contribution < -0.4 is 9.47 Å². The molecule has 0 aliphatic heterocycles. The van der Waals surface area contributed by atoms with Gasteiger partial charge in [0.15, 0.2) is 11.5 Å². The van der Waals surface area contributed by atoms with Gasteiger partial charge in [-0.15, -0.1) is 0 Å². The van der Waals surface area contributed by atoms with Crippen molar-refractivity contribution in [3.63, 3.8) is 0 Å². The van der Waals surface area contributed by atoms with Gasteiger partial charge in [-0.25, -0.2) is 0 Å². The van der Waals surface area contributed by atoms with E-state index in [4.69, 9.17) is 9.47 Å². The minimum Gasteiger partial charge on any atom is -0.493 e. The fourth-order valence-corrected chi connectivity index (χ4v) is 3.56. The molecule has 2 atom stereocenters. The van der Waals surface area contributed by atoms with E-state index in [0.717, 1.165) is 17.9 Å². The fourth-order valence-electron chi connectivity index (χ4n) is 3.56. The number of para-hydroxylation sites is 1. The Kier molecular flexibility index (Phi) is 3.51. The molecule has 3 nitrogen and oxygen atoms in total. The van der Waals surface area contributed by atoms with Crippen molar-refractivity contribution in [2.75, 3.05) is 7.11 Å². The van der Waals surface area contributed by atoms with Gasteiger partial charge in [0.1, 0.15) is 0 Å². The summed E-state index contributed by atoms with van der Waals surface area (Å²) in [6.07, 6.45) is 7.11. The summed E-state index contributed by atoms with van der Waals surface area (Å²) >= 11 is 0. The second-order valence-corrected chi connectivity index (χ2v) is 5.77. The number of fused-ring (bicyclic) bond motifs is 2. The number of hydrogen-bond acceptors (Lipinski definition) is 3. The molecule has 0 N–H and O–H groups in total. The highest BCUT2D eigenvalue weighted by molar-refractivity contribution is 5.70. The van der Waals surface area contributed by atoms with Crippen LogP contribution in [-0.4, -0.2) is 13.1 Å². The standard InChI is InChI=1S/C17H20O3/c1-11(18)20-16-5-3-4-14(17(16)19-2)10-15-9-12-6-7-13(15)8-12/h3-6,13,15H,7-10H2,1-2H3. The molecule has 2 aliphatic carbocycles. The van der Waals surface area contributed by atoms with E-state index in [2.05, 4.69) is 12.1 Å². The first kappa shape index (κ1) is 13.2. The van der Waals surface area contributed by atoms with Crippen molar-refractivity contribution in [2.45, 2.75) is 32.6 Å². The van der Waals surface area contributed by atoms with E-state index in [-0.39, 0.29) is 5.97 Å². The van der Waals surface area contributed by atoms with E-state index in [1.54, 1.807) is 18.7 Å². The normalized spacial score (nSPS) is 23.6. The van der Waals surface area contributed by atoms with E-state index >= 15 is 0 Å². The quantitative estimate of drug-likeness (QED) is 0.478. The average molecular weight is 272 g/mol. The number of benzene rings is 1. The minimum atomic E-state index is -0.314. The maximum Gasteiger partial charge on any atom is 0.308 e. The third kappa shape index (κ3) is 2.45. The van der Waals surface area contributed by atoms with E-state index in [1.165, 1.54) is 26.2 Å². The van der Waals surface area contributed by atoms with Crippen LogP contribution in [0.3, 0.4) is 0 Å². The molecule has 106 valence electrons. The third-order valence-electron chi connectivity index (χ3n) is 4.43. The molecular formula is C17H20O3. The highest BCUT2D eigenvalue weighted by Crippen LogP contribution is 2.46. The summed E-state index contributed by atoms with van der Waals surface area (Å²) in [5.41, 5.74) is 2.76. The highest BCUT2D eigenvalue weighted by Gasteiger charge is 2.34. The van der Waals surface area contributed by atoms with Crippen molar-refractivity contribution >= 4 is 5.97 Å². The first-order valence-corrected chi connectivity index (χ1v) is 7.19. The lowest BCUT2D eigenvalue weighted by molar-refractivity contribution is -0.132. The lowest BCUT2D eigenvalue weighted by Gasteiger charge is -2.21. The molecule has 0 heterocycles. The van der Waals surface area contributed by atoms with E-state index in [1.807, 2.05) is 6.07 Å². The van der Waals surface area contributed by atoms with Crippen LogP contribution in [0.2, 0.25) is 0 Å². The summed E-state index contributed by atoms with van der Waals surface area (Å²) < 4.78 is 10.7. The zero-order valence-electron chi connectivity index (χ0n) is 12.0. The summed E-state index contributed by atoms with van der Waals surface area (Å²) in [4.78, 5) is 11.2. The summed E-state index contributed by atoms with van der Waals surface area (Å²) in [5, 5.41) is 0. The van der Waals surface area contributed by atoms with Crippen molar-refractivity contribution in [3.05, 3.63) is 35.4 Å². The molecule has 2 aliphatic rings. The zero-order chi connectivity index (χ0) is 14.1. The Morgan fingerprint density at radius 2 is 2.20 bits per heavy atom. The second-order valence-electron chi connectivity index (χ2n) is 5.77. The number of carbonyl (C=O) groups excluding carboxylic acids is 1. The lowest BCUT2D eigenvalue weighted by Crippen LogP contribution is -2.12. The van der Waals surface area contributed by atoms with Crippen LogP contribution in [0.25, 0.3) is 0 Å². The van der Waals surface area contributed by atoms with Crippen molar-refractivity contribution < 1.29 is 14.3 Å². The maximum atomic E-state index is 11.2. The van der Waals surface area contributed by atoms with Crippen molar-refractivity contribution in [2.24, 2.45) is 11.8 Å². The van der Waals surface area contributed by atoms with Crippen LogP contribution in [0.15, 0.2) is 29.8 Å². The van der Waals surface area contributed by atoms with Crippen molar-refractivity contribution in [1.82, 2.24) is 0 Å². The number of hydrogen-bond donors (Lipinski definition) is 0. The Hall–Kier alpha value is -1.77. The lowest BCUT2D eigenvalue weighted by atomic mass is 9.86. The number of methoxy groups -OCH3 is 1. The smallest absolute Gasteiger partial charge is 0.308 e. The Balaban J connectivity index is 1.82. The molecule has 1 aromatic carbocycles. The van der Waals surface area contributed by atoms with Crippen LogP contribution in [-0.2, 0) is 11.2 Å². The predicted octanol–water partition coefficient (Wildman–Crippen LogP) is 3.52. The molecule has 2 unspecified atom stereocenters. The van der Waals surface area contributed by atoms with Crippen molar-refractivity contribution in [3.8, 4) is 11.5 Å². The molecule has 3 rings (SSSR count). The van der Waals surface area contributed by atoms with Gasteiger partial charge in [-0.1, -0.05) is 23.8 Å². The molecule has 0 amide bonds. The molecule has 0 saturated heterocycles. The van der Waals surface area contributed by atoms with Gasteiger partial charge in [-0.2, -0.15) is 0 Å². The molecule has 0 aromatic heterocycles. The third-order valence-corrected chi connectivity index (χ3v) is 4.43. The largest absolute Gasteiger partial charge is 0.493 e. The van der Waals surface area contributed by atoms with Crippen LogP contribution in [0.1, 0.15) is 31.7 Å². The van der Waals surface area contributed by atoms with Crippen LogP contribution in [0.5, 0.6) is 11.5 Å². The first-order valence-electron chi connectivity index (χ1n) is 7.19. The SMILES string of the molecule is COc1c(CC2CC3=CCC2C3)cccc1OC(C)=O. The highest BCUT2D eigenvalue weighted by atomic mass is 16.6. The van der Waals surface area contributed by atoms with Crippen LogP contribution in [0.4, 0.5) is 0 Å². The maximum absolute atomic E-state index is 11.2. The Morgan fingerprint density at radius 1 is 1.35 bits per heavy atom. The molecular weight excluding hydrogens is 252 g/mol. The molecule has 1 aromatic rings. The Labute approximate surface area is 119 Å². The molecule has 0 spiro atoms. The Morgan fingerprint density at radius 3 is 2.80 bits per heavy atom. The topological polar surface area (TPSA) is 35.5 Å². The summed E-state index contributed by atoms with van der Waals surface area (Å²) in [6.45, 7) is 1.41. The van der Waals surface area contributed by atoms with Crippen LogP contribution >= 0.6 is 0 Å². The summed E-state index contributed by atoms with van der Waals surface area (Å²) in [7, 11) is 1.63. The molecule has 3 heteroatoms. The van der Waals surface area contributed by atoms with Gasteiger partial charge in [-0.05, 0) is 49.1 Å². The summed E-state index contributed by atoms with van der Waals surface area (Å²) in [5.74, 6) is 2.42. The zero-order valence-corrected chi connectivity index (χ0v) is 12.0. The molecule has 1 fully saturated rings. The van der Waals surface area contributed by atoms with Gasteiger partial charge in [0.05, 0.1) is 7.11 Å².